The Labute approximate surface area is 112 Å². The van der Waals surface area contributed by atoms with Crippen LogP contribution in [0.2, 0.25) is 0 Å². The Balaban J connectivity index is 1.99. The van der Waals surface area contributed by atoms with Crippen LogP contribution >= 0.6 is 0 Å². The predicted molar refractivity (Wildman–Crippen MR) is 75.0 cm³/mol. The summed E-state index contributed by atoms with van der Waals surface area (Å²) in [7, 11) is 0. The molecule has 0 bridgehead atoms. The molecule has 19 heavy (non-hydrogen) atoms. The van der Waals surface area contributed by atoms with E-state index in [-0.39, 0.29) is 11.8 Å². The highest BCUT2D eigenvalue weighted by Crippen LogP contribution is 2.41. The molecule has 1 aromatic heterocycles. The first kappa shape index (κ1) is 12.5. The average Bonchev–Trinajstić information content (AvgIpc) is 3.19. The number of nitrogens with zero attached hydrogens (tertiary/aromatic N) is 1. The molecule has 4 nitrogen and oxygen atoms in total. The summed E-state index contributed by atoms with van der Waals surface area (Å²) in [5.41, 5.74) is 8.87. The number of aromatic nitrogens is 1. The number of aryl methyl sites for hydroxylation is 1. The van der Waals surface area contributed by atoms with Crippen molar-refractivity contribution < 1.29 is 4.42 Å². The topological polar surface area (TPSA) is 61.2 Å². The number of hydrogen-bond acceptors (Lipinski definition) is 3. The molecule has 3 rings (SSSR count). The van der Waals surface area contributed by atoms with Crippen LogP contribution in [0.15, 0.2) is 27.4 Å². The standard InChI is InChI=1S/C15H20N2O2/c1-3-17-12-7-6-11(8-13(12)19-15(17)18)14(16)9(2)10-4-5-10/h6-10,14H,3-5,16H2,1-2H3. The Kier molecular flexibility index (Phi) is 2.97. The summed E-state index contributed by atoms with van der Waals surface area (Å²) in [6.07, 6.45) is 2.58. The lowest BCUT2D eigenvalue weighted by Crippen LogP contribution is -2.20. The van der Waals surface area contributed by atoms with E-state index in [4.69, 9.17) is 10.2 Å². The third-order valence-corrected chi connectivity index (χ3v) is 4.33. The van der Waals surface area contributed by atoms with Gasteiger partial charge in [-0.25, -0.2) is 4.79 Å². The largest absolute Gasteiger partial charge is 0.419 e. The van der Waals surface area contributed by atoms with Gasteiger partial charge in [0.05, 0.1) is 5.52 Å². The van der Waals surface area contributed by atoms with Crippen molar-refractivity contribution in [1.82, 2.24) is 4.57 Å². The Bertz CT molecular complexity index is 652. The molecular formula is C15H20N2O2. The van der Waals surface area contributed by atoms with Gasteiger partial charge in [0.1, 0.15) is 0 Å². The zero-order valence-electron chi connectivity index (χ0n) is 11.4. The molecule has 4 heteroatoms. The molecule has 0 amide bonds. The molecule has 0 spiro atoms. The molecule has 0 radical (unpaired) electrons. The Morgan fingerprint density at radius 3 is 2.84 bits per heavy atom. The van der Waals surface area contributed by atoms with E-state index in [2.05, 4.69) is 6.92 Å². The van der Waals surface area contributed by atoms with Crippen LogP contribution in [0, 0.1) is 11.8 Å². The van der Waals surface area contributed by atoms with Crippen molar-refractivity contribution in [1.29, 1.82) is 0 Å². The number of rotatable bonds is 4. The van der Waals surface area contributed by atoms with Gasteiger partial charge in [-0.3, -0.25) is 4.57 Å². The van der Waals surface area contributed by atoms with E-state index < -0.39 is 0 Å². The zero-order chi connectivity index (χ0) is 13.6. The van der Waals surface area contributed by atoms with Gasteiger partial charge in [-0.2, -0.15) is 0 Å². The van der Waals surface area contributed by atoms with Crippen molar-refractivity contribution >= 4 is 11.1 Å². The zero-order valence-corrected chi connectivity index (χ0v) is 11.4. The quantitative estimate of drug-likeness (QED) is 0.919. The van der Waals surface area contributed by atoms with Gasteiger partial charge in [-0.05, 0) is 49.3 Å². The first-order chi connectivity index (χ1) is 9.11. The fraction of sp³-hybridized carbons (Fsp3) is 0.533. The van der Waals surface area contributed by atoms with Crippen molar-refractivity contribution in [3.63, 3.8) is 0 Å². The Morgan fingerprint density at radius 2 is 2.21 bits per heavy atom. The van der Waals surface area contributed by atoms with Crippen LogP contribution in [0.5, 0.6) is 0 Å². The van der Waals surface area contributed by atoms with Gasteiger partial charge >= 0.3 is 5.76 Å². The summed E-state index contributed by atoms with van der Waals surface area (Å²) < 4.78 is 6.92. The number of oxazole rings is 1. The van der Waals surface area contributed by atoms with Gasteiger partial charge in [0.25, 0.3) is 0 Å². The van der Waals surface area contributed by atoms with E-state index in [1.54, 1.807) is 4.57 Å². The molecule has 1 aliphatic carbocycles. The second-order valence-electron chi connectivity index (χ2n) is 5.56. The average molecular weight is 260 g/mol. The summed E-state index contributed by atoms with van der Waals surface area (Å²) in [5, 5.41) is 0. The predicted octanol–water partition coefficient (Wildman–Crippen LogP) is 2.66. The Hall–Kier alpha value is -1.55. The highest BCUT2D eigenvalue weighted by Gasteiger charge is 2.32. The van der Waals surface area contributed by atoms with E-state index in [0.29, 0.717) is 18.0 Å². The molecule has 1 heterocycles. The molecule has 1 fully saturated rings. The van der Waals surface area contributed by atoms with Gasteiger partial charge in [0.2, 0.25) is 0 Å². The van der Waals surface area contributed by atoms with Crippen LogP contribution in [0.4, 0.5) is 0 Å². The lowest BCUT2D eigenvalue weighted by molar-refractivity contribution is 0.417. The normalized spacial score (nSPS) is 18.7. The lowest BCUT2D eigenvalue weighted by Gasteiger charge is -2.19. The van der Waals surface area contributed by atoms with Crippen LogP contribution in [-0.2, 0) is 6.54 Å². The molecule has 2 unspecified atom stereocenters. The van der Waals surface area contributed by atoms with Crippen molar-refractivity contribution in [3.8, 4) is 0 Å². The molecular weight excluding hydrogens is 240 g/mol. The Morgan fingerprint density at radius 1 is 1.47 bits per heavy atom. The van der Waals surface area contributed by atoms with Gasteiger partial charge in [0.15, 0.2) is 5.58 Å². The molecule has 2 N–H and O–H groups in total. The SMILES string of the molecule is CCn1c(=O)oc2cc(C(N)C(C)C3CC3)ccc21. The minimum absolute atomic E-state index is 0.0205. The molecule has 2 aromatic rings. The van der Waals surface area contributed by atoms with Crippen LogP contribution in [0.3, 0.4) is 0 Å². The third kappa shape index (κ3) is 2.10. The molecule has 1 aliphatic rings. The molecule has 0 saturated heterocycles. The second kappa shape index (κ2) is 4.53. The van der Waals surface area contributed by atoms with Crippen molar-refractivity contribution in [2.24, 2.45) is 17.6 Å². The highest BCUT2D eigenvalue weighted by atomic mass is 16.4. The van der Waals surface area contributed by atoms with Crippen LogP contribution < -0.4 is 11.5 Å². The minimum atomic E-state index is -0.293. The summed E-state index contributed by atoms with van der Waals surface area (Å²) in [4.78, 5) is 11.7. The lowest BCUT2D eigenvalue weighted by atomic mass is 9.91. The summed E-state index contributed by atoms with van der Waals surface area (Å²) in [5.74, 6) is 0.953. The summed E-state index contributed by atoms with van der Waals surface area (Å²) >= 11 is 0. The maximum absolute atomic E-state index is 11.7. The number of benzene rings is 1. The summed E-state index contributed by atoms with van der Waals surface area (Å²) in [6, 6.07) is 5.91. The van der Waals surface area contributed by atoms with Crippen LogP contribution in [0.25, 0.3) is 11.1 Å². The van der Waals surface area contributed by atoms with Crippen molar-refractivity contribution in [2.45, 2.75) is 39.3 Å². The molecule has 0 aliphatic heterocycles. The number of fused-ring (bicyclic) bond motifs is 1. The second-order valence-corrected chi connectivity index (χ2v) is 5.56. The van der Waals surface area contributed by atoms with E-state index >= 15 is 0 Å². The smallest absolute Gasteiger partial charge is 0.408 e. The van der Waals surface area contributed by atoms with Gasteiger partial charge in [-0.1, -0.05) is 13.0 Å². The van der Waals surface area contributed by atoms with E-state index in [1.165, 1.54) is 12.8 Å². The third-order valence-electron chi connectivity index (χ3n) is 4.33. The van der Waals surface area contributed by atoms with Gasteiger partial charge in [0, 0.05) is 12.6 Å². The van der Waals surface area contributed by atoms with Crippen molar-refractivity contribution in [3.05, 3.63) is 34.3 Å². The molecule has 1 aromatic carbocycles. The minimum Gasteiger partial charge on any atom is -0.408 e. The number of hydrogen-bond donors (Lipinski definition) is 1. The van der Waals surface area contributed by atoms with Crippen LogP contribution in [-0.4, -0.2) is 4.57 Å². The van der Waals surface area contributed by atoms with Crippen LogP contribution in [0.1, 0.15) is 38.3 Å². The number of nitrogens with two attached hydrogens (primary N) is 1. The highest BCUT2D eigenvalue weighted by molar-refractivity contribution is 5.73. The van der Waals surface area contributed by atoms with Gasteiger partial charge in [-0.15, -0.1) is 0 Å². The maximum atomic E-state index is 11.7. The fourth-order valence-electron chi connectivity index (χ4n) is 2.81. The first-order valence-corrected chi connectivity index (χ1v) is 7.00. The molecule has 1 saturated carbocycles. The molecule has 2 atom stereocenters. The fourth-order valence-corrected chi connectivity index (χ4v) is 2.81. The monoisotopic (exact) mass is 260 g/mol. The summed E-state index contributed by atoms with van der Waals surface area (Å²) in [6.45, 7) is 4.76. The van der Waals surface area contributed by atoms with E-state index in [0.717, 1.165) is 17.0 Å². The van der Waals surface area contributed by atoms with E-state index in [1.807, 2.05) is 25.1 Å². The van der Waals surface area contributed by atoms with Crippen molar-refractivity contribution in [2.75, 3.05) is 0 Å². The van der Waals surface area contributed by atoms with E-state index in [9.17, 15) is 4.79 Å². The maximum Gasteiger partial charge on any atom is 0.419 e. The molecule has 102 valence electrons. The van der Waals surface area contributed by atoms with Gasteiger partial charge < -0.3 is 10.2 Å². The first-order valence-electron chi connectivity index (χ1n) is 7.00.